The molecule has 1 aliphatic carbocycles. The number of aromatic nitrogens is 4. The lowest BCUT2D eigenvalue weighted by Gasteiger charge is -2.21. The number of rotatable bonds is 5. The SMILES string of the molecule is Cc1nnc(CC(=O)Nc2cc([C@H]3CC[C@@H](NC(=O)OC(C)(C)C)C3)[nH]n2)s1. The zero-order chi connectivity index (χ0) is 20.3. The standard InChI is InChI=1S/C18H26N6O3S/c1-10-21-24-16(28-10)9-15(25)20-14-8-13(22-23-14)11-5-6-12(7-11)19-17(26)27-18(2,3)4/h8,11-12H,5-7,9H2,1-4H3,(H,19,26)(H2,20,22,23,25)/t11-,12+/m0/s1. The van der Waals surface area contributed by atoms with Crippen molar-refractivity contribution in [2.24, 2.45) is 0 Å². The second kappa shape index (κ2) is 8.26. The average molecular weight is 407 g/mol. The lowest BCUT2D eigenvalue weighted by Crippen LogP contribution is -2.37. The van der Waals surface area contributed by atoms with Gasteiger partial charge in [-0.3, -0.25) is 9.89 Å². The fraction of sp³-hybridized carbons (Fsp3) is 0.611. The second-order valence-electron chi connectivity index (χ2n) is 8.00. The maximum absolute atomic E-state index is 12.1. The summed E-state index contributed by atoms with van der Waals surface area (Å²) < 4.78 is 5.31. The zero-order valence-electron chi connectivity index (χ0n) is 16.5. The van der Waals surface area contributed by atoms with E-state index in [1.807, 2.05) is 33.8 Å². The van der Waals surface area contributed by atoms with E-state index in [1.54, 1.807) is 0 Å². The van der Waals surface area contributed by atoms with Crippen molar-refractivity contribution in [2.45, 2.75) is 70.9 Å². The van der Waals surface area contributed by atoms with Crippen LogP contribution in [0.4, 0.5) is 10.6 Å². The molecule has 0 aliphatic heterocycles. The Bertz CT molecular complexity index is 840. The lowest BCUT2D eigenvalue weighted by atomic mass is 10.0. The minimum atomic E-state index is -0.508. The molecule has 1 saturated carbocycles. The first-order valence-electron chi connectivity index (χ1n) is 9.31. The van der Waals surface area contributed by atoms with Gasteiger partial charge >= 0.3 is 6.09 Å². The van der Waals surface area contributed by atoms with Gasteiger partial charge in [-0.1, -0.05) is 0 Å². The van der Waals surface area contributed by atoms with Crippen LogP contribution in [0.5, 0.6) is 0 Å². The summed E-state index contributed by atoms with van der Waals surface area (Å²) in [7, 11) is 0. The molecule has 3 rings (SSSR count). The second-order valence-corrected chi connectivity index (χ2v) is 9.27. The summed E-state index contributed by atoms with van der Waals surface area (Å²) in [6.07, 6.45) is 2.40. The van der Waals surface area contributed by atoms with Crippen LogP contribution >= 0.6 is 11.3 Å². The van der Waals surface area contributed by atoms with Gasteiger partial charge in [-0.05, 0) is 47.0 Å². The molecule has 0 spiro atoms. The van der Waals surface area contributed by atoms with Gasteiger partial charge < -0.3 is 15.4 Å². The zero-order valence-corrected chi connectivity index (χ0v) is 17.4. The summed E-state index contributed by atoms with van der Waals surface area (Å²) in [5.41, 5.74) is 0.446. The molecule has 2 amide bonds. The summed E-state index contributed by atoms with van der Waals surface area (Å²) in [6.45, 7) is 7.38. The number of ether oxygens (including phenoxy) is 1. The molecule has 3 N–H and O–H groups in total. The maximum atomic E-state index is 12.1. The highest BCUT2D eigenvalue weighted by Gasteiger charge is 2.29. The third kappa shape index (κ3) is 5.75. The Labute approximate surface area is 167 Å². The number of H-pyrrole nitrogens is 1. The van der Waals surface area contributed by atoms with Crippen LogP contribution in [0.1, 0.15) is 61.7 Å². The number of alkyl carbamates (subject to hydrolysis) is 1. The van der Waals surface area contributed by atoms with E-state index in [2.05, 4.69) is 31.0 Å². The van der Waals surface area contributed by atoms with Crippen molar-refractivity contribution in [1.29, 1.82) is 0 Å². The minimum absolute atomic E-state index is 0.0711. The maximum Gasteiger partial charge on any atom is 0.407 e. The van der Waals surface area contributed by atoms with Gasteiger partial charge in [0.05, 0.1) is 6.42 Å². The number of amides is 2. The molecule has 2 heterocycles. The van der Waals surface area contributed by atoms with Gasteiger partial charge in [0.25, 0.3) is 0 Å². The van der Waals surface area contributed by atoms with Gasteiger partial charge in [0.15, 0.2) is 5.82 Å². The number of anilines is 1. The monoisotopic (exact) mass is 406 g/mol. The van der Waals surface area contributed by atoms with Crippen LogP contribution in [-0.2, 0) is 16.0 Å². The highest BCUT2D eigenvalue weighted by atomic mass is 32.1. The van der Waals surface area contributed by atoms with Crippen LogP contribution in [0, 0.1) is 6.92 Å². The molecule has 152 valence electrons. The van der Waals surface area contributed by atoms with E-state index in [0.29, 0.717) is 10.8 Å². The van der Waals surface area contributed by atoms with Crippen molar-refractivity contribution in [1.82, 2.24) is 25.7 Å². The molecule has 1 fully saturated rings. The fourth-order valence-electron chi connectivity index (χ4n) is 3.21. The molecule has 2 aromatic rings. The first kappa shape index (κ1) is 20.2. The summed E-state index contributed by atoms with van der Waals surface area (Å²) >= 11 is 1.40. The molecule has 0 aromatic carbocycles. The smallest absolute Gasteiger partial charge is 0.407 e. The lowest BCUT2D eigenvalue weighted by molar-refractivity contribution is -0.115. The first-order valence-corrected chi connectivity index (χ1v) is 10.1. The van der Waals surface area contributed by atoms with Crippen molar-refractivity contribution < 1.29 is 14.3 Å². The van der Waals surface area contributed by atoms with E-state index in [0.717, 1.165) is 30.0 Å². The number of nitrogens with one attached hydrogen (secondary N) is 3. The van der Waals surface area contributed by atoms with Crippen molar-refractivity contribution in [3.63, 3.8) is 0 Å². The van der Waals surface area contributed by atoms with Crippen LogP contribution < -0.4 is 10.6 Å². The molecule has 28 heavy (non-hydrogen) atoms. The molecule has 9 nitrogen and oxygen atoms in total. The quantitative estimate of drug-likeness (QED) is 0.702. The highest BCUT2D eigenvalue weighted by Crippen LogP contribution is 2.34. The van der Waals surface area contributed by atoms with Crippen molar-refractivity contribution in [3.05, 3.63) is 21.8 Å². The Kier molecular flexibility index (Phi) is 5.97. The predicted octanol–water partition coefficient (Wildman–Crippen LogP) is 2.91. The van der Waals surface area contributed by atoms with Crippen LogP contribution in [0.15, 0.2) is 6.07 Å². The van der Waals surface area contributed by atoms with Gasteiger partial charge in [0.2, 0.25) is 5.91 Å². The number of nitrogens with zero attached hydrogens (tertiary/aromatic N) is 3. The number of aromatic amines is 1. The largest absolute Gasteiger partial charge is 0.444 e. The van der Waals surface area contributed by atoms with Crippen LogP contribution in [0.3, 0.4) is 0 Å². The molecule has 1 aliphatic rings. The number of aryl methyl sites for hydroxylation is 1. The number of hydrogen-bond acceptors (Lipinski definition) is 7. The molecule has 2 atom stereocenters. The third-order valence-corrected chi connectivity index (χ3v) is 5.18. The van der Waals surface area contributed by atoms with Crippen molar-refractivity contribution >= 4 is 29.2 Å². The molecule has 0 unspecified atom stereocenters. The third-order valence-electron chi connectivity index (χ3n) is 4.34. The van der Waals surface area contributed by atoms with Gasteiger partial charge in [-0.2, -0.15) is 5.10 Å². The molecule has 0 bridgehead atoms. The van der Waals surface area contributed by atoms with Crippen LogP contribution in [-0.4, -0.2) is 44.0 Å². The Morgan fingerprint density at radius 1 is 1.32 bits per heavy atom. The van der Waals surface area contributed by atoms with E-state index >= 15 is 0 Å². The van der Waals surface area contributed by atoms with Gasteiger partial charge in [-0.15, -0.1) is 21.5 Å². The Balaban J connectivity index is 1.49. The fourth-order valence-corrected chi connectivity index (χ4v) is 3.92. The Morgan fingerprint density at radius 2 is 2.11 bits per heavy atom. The van der Waals surface area contributed by atoms with E-state index in [-0.39, 0.29) is 30.4 Å². The number of carbonyl (C=O) groups is 2. The summed E-state index contributed by atoms with van der Waals surface area (Å²) in [6, 6.07) is 1.92. The van der Waals surface area contributed by atoms with E-state index in [4.69, 9.17) is 4.74 Å². The first-order chi connectivity index (χ1) is 13.2. The van der Waals surface area contributed by atoms with Crippen LogP contribution in [0.25, 0.3) is 0 Å². The van der Waals surface area contributed by atoms with Gasteiger partial charge in [0.1, 0.15) is 15.6 Å². The van der Waals surface area contributed by atoms with E-state index < -0.39 is 5.60 Å². The van der Waals surface area contributed by atoms with E-state index in [1.165, 1.54) is 11.3 Å². The molecule has 10 heteroatoms. The topological polar surface area (TPSA) is 122 Å². The molecule has 0 saturated heterocycles. The summed E-state index contributed by atoms with van der Waals surface area (Å²) in [5, 5.41) is 22.3. The van der Waals surface area contributed by atoms with E-state index in [9.17, 15) is 9.59 Å². The predicted molar refractivity (Wildman–Crippen MR) is 105 cm³/mol. The molecule has 2 aromatic heterocycles. The Morgan fingerprint density at radius 3 is 2.79 bits per heavy atom. The summed E-state index contributed by atoms with van der Waals surface area (Å²) in [4.78, 5) is 24.0. The molecular weight excluding hydrogens is 380 g/mol. The Hall–Kier alpha value is -2.49. The molecule has 0 radical (unpaired) electrons. The van der Waals surface area contributed by atoms with Gasteiger partial charge in [-0.25, -0.2) is 4.79 Å². The van der Waals surface area contributed by atoms with Crippen molar-refractivity contribution in [3.8, 4) is 0 Å². The van der Waals surface area contributed by atoms with Crippen LogP contribution in [0.2, 0.25) is 0 Å². The molecular formula is C18H26N6O3S. The summed E-state index contributed by atoms with van der Waals surface area (Å²) in [5.74, 6) is 0.568. The normalized spacial score (nSPS) is 19.4. The highest BCUT2D eigenvalue weighted by molar-refractivity contribution is 7.11. The number of carbonyl (C=O) groups excluding carboxylic acids is 2. The average Bonchev–Trinajstić information content (AvgIpc) is 3.27. The van der Waals surface area contributed by atoms with Gasteiger partial charge in [0, 0.05) is 23.7 Å². The van der Waals surface area contributed by atoms with Crippen molar-refractivity contribution in [2.75, 3.05) is 5.32 Å². The minimum Gasteiger partial charge on any atom is -0.444 e. The number of hydrogen-bond donors (Lipinski definition) is 3.